The molecule has 1 heterocycles. The summed E-state index contributed by atoms with van der Waals surface area (Å²) < 4.78 is 22.3. The van der Waals surface area contributed by atoms with Gasteiger partial charge >= 0.3 is 0 Å². The van der Waals surface area contributed by atoms with E-state index in [2.05, 4.69) is 0 Å². The molecule has 6 nitrogen and oxygen atoms in total. The highest BCUT2D eigenvalue weighted by molar-refractivity contribution is 7.99. The fourth-order valence-corrected chi connectivity index (χ4v) is 5.02. The standard InChI is InChI=1S/C26H27NO5S/c1-29-20-10-11-21(23(16-20)31-3)25(28)27-13-14-33-26(27)19-9-12-22(30-2)24(15-19)32-17-18-7-5-4-6-8-18/h4-12,15-16,26H,13-14,17H2,1-3H3. The molecular weight excluding hydrogens is 438 g/mol. The smallest absolute Gasteiger partial charge is 0.258 e. The van der Waals surface area contributed by atoms with Gasteiger partial charge in [-0.2, -0.15) is 0 Å². The summed E-state index contributed by atoms with van der Waals surface area (Å²) in [6, 6.07) is 21.1. The zero-order chi connectivity index (χ0) is 23.2. The Balaban J connectivity index is 1.58. The van der Waals surface area contributed by atoms with Gasteiger partial charge in [-0.25, -0.2) is 0 Å². The Morgan fingerprint density at radius 2 is 1.70 bits per heavy atom. The van der Waals surface area contributed by atoms with Crippen LogP contribution >= 0.6 is 11.8 Å². The molecule has 1 atom stereocenters. The highest BCUT2D eigenvalue weighted by atomic mass is 32.2. The van der Waals surface area contributed by atoms with Crippen LogP contribution in [0.2, 0.25) is 0 Å². The second-order valence-corrected chi connectivity index (χ2v) is 8.66. The molecule has 0 spiro atoms. The predicted molar refractivity (Wildman–Crippen MR) is 130 cm³/mol. The third-order valence-corrected chi connectivity index (χ3v) is 6.76. The van der Waals surface area contributed by atoms with Crippen LogP contribution in [0.1, 0.15) is 26.9 Å². The van der Waals surface area contributed by atoms with Crippen molar-refractivity contribution in [2.24, 2.45) is 0 Å². The van der Waals surface area contributed by atoms with Crippen LogP contribution in [0.5, 0.6) is 23.0 Å². The van der Waals surface area contributed by atoms with Gasteiger partial charge in [0.1, 0.15) is 23.5 Å². The highest BCUT2D eigenvalue weighted by Crippen LogP contribution is 2.42. The summed E-state index contributed by atoms with van der Waals surface area (Å²) in [7, 11) is 4.77. The SMILES string of the molecule is COc1ccc(C(=O)N2CCSC2c2ccc(OC)c(OCc3ccccc3)c2)c(OC)c1. The van der Waals surface area contributed by atoms with Crippen molar-refractivity contribution in [1.29, 1.82) is 0 Å². The lowest BCUT2D eigenvalue weighted by atomic mass is 10.1. The fourth-order valence-electron chi connectivity index (χ4n) is 3.78. The quantitative estimate of drug-likeness (QED) is 0.457. The van der Waals surface area contributed by atoms with Crippen LogP contribution in [0, 0.1) is 0 Å². The molecule has 1 aliphatic heterocycles. The molecule has 0 bridgehead atoms. The number of thioether (sulfide) groups is 1. The van der Waals surface area contributed by atoms with Crippen molar-refractivity contribution < 1.29 is 23.7 Å². The second kappa shape index (κ2) is 10.5. The van der Waals surface area contributed by atoms with E-state index in [1.165, 1.54) is 0 Å². The van der Waals surface area contributed by atoms with Gasteiger partial charge < -0.3 is 23.8 Å². The van der Waals surface area contributed by atoms with Gasteiger partial charge in [-0.3, -0.25) is 4.79 Å². The van der Waals surface area contributed by atoms with Gasteiger partial charge in [-0.15, -0.1) is 11.8 Å². The first kappa shape index (κ1) is 22.9. The van der Waals surface area contributed by atoms with E-state index < -0.39 is 0 Å². The van der Waals surface area contributed by atoms with Crippen molar-refractivity contribution in [3.8, 4) is 23.0 Å². The maximum absolute atomic E-state index is 13.5. The monoisotopic (exact) mass is 465 g/mol. The van der Waals surface area contributed by atoms with E-state index >= 15 is 0 Å². The van der Waals surface area contributed by atoms with Crippen LogP contribution in [0.4, 0.5) is 0 Å². The molecule has 1 saturated heterocycles. The van der Waals surface area contributed by atoms with E-state index in [4.69, 9.17) is 18.9 Å². The lowest BCUT2D eigenvalue weighted by molar-refractivity contribution is 0.0756. The summed E-state index contributed by atoms with van der Waals surface area (Å²) in [5.41, 5.74) is 2.57. The number of rotatable bonds is 8. The molecule has 1 amide bonds. The number of nitrogens with zero attached hydrogens (tertiary/aromatic N) is 1. The molecule has 4 rings (SSSR count). The van der Waals surface area contributed by atoms with E-state index in [0.29, 0.717) is 41.7 Å². The van der Waals surface area contributed by atoms with Crippen LogP contribution < -0.4 is 18.9 Å². The van der Waals surface area contributed by atoms with Crippen LogP contribution in [0.25, 0.3) is 0 Å². The molecule has 0 aliphatic carbocycles. The minimum atomic E-state index is -0.130. The molecule has 0 saturated carbocycles. The maximum Gasteiger partial charge on any atom is 0.258 e. The third kappa shape index (κ3) is 5.03. The predicted octanol–water partition coefficient (Wildman–Crippen LogP) is 5.18. The number of ether oxygens (including phenoxy) is 4. The Morgan fingerprint density at radius 3 is 2.42 bits per heavy atom. The van der Waals surface area contributed by atoms with E-state index in [9.17, 15) is 4.79 Å². The van der Waals surface area contributed by atoms with Gasteiger partial charge in [-0.05, 0) is 35.4 Å². The number of carbonyl (C=O) groups excluding carboxylic acids is 1. The molecule has 1 fully saturated rings. The van der Waals surface area contributed by atoms with Crippen molar-refractivity contribution in [2.45, 2.75) is 12.0 Å². The molecule has 3 aromatic carbocycles. The van der Waals surface area contributed by atoms with Crippen LogP contribution in [0.3, 0.4) is 0 Å². The van der Waals surface area contributed by atoms with Crippen molar-refractivity contribution in [3.05, 3.63) is 83.4 Å². The molecule has 172 valence electrons. The molecule has 0 N–H and O–H groups in total. The largest absolute Gasteiger partial charge is 0.497 e. The molecule has 1 aliphatic rings. The van der Waals surface area contributed by atoms with E-state index in [0.717, 1.165) is 16.9 Å². The van der Waals surface area contributed by atoms with E-state index in [1.54, 1.807) is 51.3 Å². The Labute approximate surface area is 198 Å². The van der Waals surface area contributed by atoms with Crippen molar-refractivity contribution >= 4 is 17.7 Å². The second-order valence-electron chi connectivity index (χ2n) is 7.47. The average Bonchev–Trinajstić information content (AvgIpc) is 3.37. The first-order chi connectivity index (χ1) is 16.1. The molecule has 3 aromatic rings. The number of amides is 1. The van der Waals surface area contributed by atoms with Gasteiger partial charge in [0.05, 0.1) is 26.9 Å². The van der Waals surface area contributed by atoms with Crippen molar-refractivity contribution in [2.75, 3.05) is 33.6 Å². The molecule has 0 radical (unpaired) electrons. The minimum Gasteiger partial charge on any atom is -0.497 e. The summed E-state index contributed by atoms with van der Waals surface area (Å²) in [5, 5.41) is -0.130. The average molecular weight is 466 g/mol. The van der Waals surface area contributed by atoms with E-state index in [1.807, 2.05) is 53.4 Å². The lowest BCUT2D eigenvalue weighted by Gasteiger charge is -2.25. The number of carbonyl (C=O) groups is 1. The fraction of sp³-hybridized carbons (Fsp3) is 0.269. The van der Waals surface area contributed by atoms with Gasteiger partial charge in [0.25, 0.3) is 5.91 Å². The minimum absolute atomic E-state index is 0.0768. The number of hydrogen-bond donors (Lipinski definition) is 0. The van der Waals surface area contributed by atoms with Crippen LogP contribution in [-0.2, 0) is 6.61 Å². The topological polar surface area (TPSA) is 57.2 Å². The first-order valence-electron chi connectivity index (χ1n) is 10.6. The zero-order valence-electron chi connectivity index (χ0n) is 18.9. The summed E-state index contributed by atoms with van der Waals surface area (Å²) >= 11 is 1.73. The summed E-state index contributed by atoms with van der Waals surface area (Å²) in [6.07, 6.45) is 0. The van der Waals surface area contributed by atoms with Gasteiger partial charge in [0.2, 0.25) is 0 Å². The summed E-state index contributed by atoms with van der Waals surface area (Å²) in [5.74, 6) is 3.23. The summed E-state index contributed by atoms with van der Waals surface area (Å²) in [6.45, 7) is 1.08. The molecule has 33 heavy (non-hydrogen) atoms. The van der Waals surface area contributed by atoms with Gasteiger partial charge in [0.15, 0.2) is 11.5 Å². The zero-order valence-corrected chi connectivity index (χ0v) is 19.8. The molecule has 1 unspecified atom stereocenters. The van der Waals surface area contributed by atoms with Crippen LogP contribution in [-0.4, -0.2) is 44.4 Å². The number of benzene rings is 3. The van der Waals surface area contributed by atoms with Gasteiger partial charge in [0, 0.05) is 18.4 Å². The molecule has 7 heteroatoms. The summed E-state index contributed by atoms with van der Waals surface area (Å²) in [4.78, 5) is 15.3. The lowest BCUT2D eigenvalue weighted by Crippen LogP contribution is -2.30. The number of methoxy groups -OCH3 is 3. The Bertz CT molecular complexity index is 1110. The molecular formula is C26H27NO5S. The van der Waals surface area contributed by atoms with E-state index in [-0.39, 0.29) is 11.3 Å². The first-order valence-corrected chi connectivity index (χ1v) is 11.7. The molecule has 0 aromatic heterocycles. The third-order valence-electron chi connectivity index (χ3n) is 5.50. The number of hydrogen-bond acceptors (Lipinski definition) is 6. The van der Waals surface area contributed by atoms with Crippen molar-refractivity contribution in [1.82, 2.24) is 4.90 Å². The maximum atomic E-state index is 13.5. The Hall–Kier alpha value is -3.32. The normalized spacial score (nSPS) is 15.2. The van der Waals surface area contributed by atoms with Crippen LogP contribution in [0.15, 0.2) is 66.7 Å². The van der Waals surface area contributed by atoms with Crippen molar-refractivity contribution in [3.63, 3.8) is 0 Å². The van der Waals surface area contributed by atoms with Gasteiger partial charge in [-0.1, -0.05) is 36.4 Å². The Morgan fingerprint density at radius 1 is 0.909 bits per heavy atom. The Kier molecular flexibility index (Phi) is 7.29. The highest BCUT2D eigenvalue weighted by Gasteiger charge is 2.33.